The number of carbonyl (C=O) groups excluding carboxylic acids is 1. The van der Waals surface area contributed by atoms with Gasteiger partial charge in [0.05, 0.1) is 12.2 Å². The first-order valence-electron chi connectivity index (χ1n) is 4.68. The lowest BCUT2D eigenvalue weighted by molar-refractivity contribution is -0.153. The van der Waals surface area contributed by atoms with E-state index in [1.54, 1.807) is 0 Å². The van der Waals surface area contributed by atoms with Crippen LogP contribution in [0.2, 0.25) is 0 Å². The second kappa shape index (κ2) is 5.30. The number of carbonyl (C=O) groups is 1. The molecule has 0 radical (unpaired) electrons. The van der Waals surface area contributed by atoms with E-state index in [1.807, 2.05) is 0 Å². The second-order valence-corrected chi connectivity index (χ2v) is 3.14. The Morgan fingerprint density at radius 2 is 1.44 bits per heavy atom. The molecule has 8 heteroatoms. The van der Waals surface area contributed by atoms with Crippen LogP contribution in [0.1, 0.15) is 18.6 Å². The van der Waals surface area contributed by atoms with Crippen molar-refractivity contribution in [1.29, 1.82) is 0 Å². The van der Waals surface area contributed by atoms with Crippen LogP contribution in [-0.4, -0.2) is 17.7 Å². The number of rotatable bonds is 3. The first-order valence-corrected chi connectivity index (χ1v) is 4.68. The Hall–Kier alpha value is -1.70. The molecule has 1 N–H and O–H groups in total. The summed E-state index contributed by atoms with van der Waals surface area (Å²) in [6.45, 7) is 1.11. The fraction of sp³-hybridized carbons (Fsp3) is 0.300. The Morgan fingerprint density at radius 3 is 1.83 bits per heavy atom. The van der Waals surface area contributed by atoms with Crippen molar-refractivity contribution >= 4 is 5.97 Å². The van der Waals surface area contributed by atoms with E-state index in [0.717, 1.165) is 0 Å². The van der Waals surface area contributed by atoms with Crippen molar-refractivity contribution in [3.05, 3.63) is 34.6 Å². The standard InChI is InChI=1S/C10H7F5O3/c1-2-18-10(17)9(16)3-4(11)6(13)8(15)7(14)5(3)12/h9,16H,2H2,1H3. The summed E-state index contributed by atoms with van der Waals surface area (Å²) in [6, 6.07) is 0. The highest BCUT2D eigenvalue weighted by atomic mass is 19.2. The van der Waals surface area contributed by atoms with Crippen LogP contribution >= 0.6 is 0 Å². The molecule has 100 valence electrons. The van der Waals surface area contributed by atoms with Crippen molar-refractivity contribution < 1.29 is 36.6 Å². The Labute approximate surface area is 97.8 Å². The number of aliphatic hydroxyl groups excluding tert-OH is 1. The molecule has 0 aliphatic rings. The largest absolute Gasteiger partial charge is 0.464 e. The molecule has 0 heterocycles. The molecule has 18 heavy (non-hydrogen) atoms. The molecule has 0 aromatic heterocycles. The highest BCUT2D eigenvalue weighted by molar-refractivity contribution is 5.76. The second-order valence-electron chi connectivity index (χ2n) is 3.14. The Morgan fingerprint density at radius 1 is 1.06 bits per heavy atom. The van der Waals surface area contributed by atoms with E-state index in [0.29, 0.717) is 0 Å². The van der Waals surface area contributed by atoms with Gasteiger partial charge in [-0.2, -0.15) is 0 Å². The van der Waals surface area contributed by atoms with Crippen LogP contribution in [0.15, 0.2) is 0 Å². The molecule has 0 fully saturated rings. The molecule has 0 saturated heterocycles. The van der Waals surface area contributed by atoms with Gasteiger partial charge in [-0.15, -0.1) is 0 Å². The van der Waals surface area contributed by atoms with E-state index in [-0.39, 0.29) is 6.61 Å². The van der Waals surface area contributed by atoms with Crippen molar-refractivity contribution in [3.8, 4) is 0 Å². The van der Waals surface area contributed by atoms with Gasteiger partial charge < -0.3 is 9.84 Å². The van der Waals surface area contributed by atoms with Gasteiger partial charge in [0.25, 0.3) is 0 Å². The van der Waals surface area contributed by atoms with Crippen molar-refractivity contribution in [3.63, 3.8) is 0 Å². The summed E-state index contributed by atoms with van der Waals surface area (Å²) in [5.41, 5.74) is -1.63. The van der Waals surface area contributed by atoms with Crippen molar-refractivity contribution in [2.24, 2.45) is 0 Å². The lowest BCUT2D eigenvalue weighted by Gasteiger charge is -2.13. The summed E-state index contributed by atoms with van der Waals surface area (Å²) in [4.78, 5) is 11.0. The number of hydrogen-bond acceptors (Lipinski definition) is 3. The Kier molecular flexibility index (Phi) is 4.23. The minimum atomic E-state index is -2.59. The number of ether oxygens (including phenoxy) is 1. The average molecular weight is 270 g/mol. The molecular formula is C10H7F5O3. The maximum Gasteiger partial charge on any atom is 0.339 e. The third-order valence-corrected chi connectivity index (χ3v) is 2.03. The van der Waals surface area contributed by atoms with Crippen LogP contribution in [0.25, 0.3) is 0 Å². The molecule has 0 aliphatic carbocycles. The van der Waals surface area contributed by atoms with Gasteiger partial charge in [0.15, 0.2) is 29.4 Å². The van der Waals surface area contributed by atoms with Crippen molar-refractivity contribution in [2.75, 3.05) is 6.61 Å². The Bertz CT molecular complexity index is 460. The lowest BCUT2D eigenvalue weighted by atomic mass is 10.1. The van der Waals surface area contributed by atoms with E-state index in [9.17, 15) is 31.9 Å². The zero-order valence-electron chi connectivity index (χ0n) is 8.94. The predicted molar refractivity (Wildman–Crippen MR) is 47.8 cm³/mol. The van der Waals surface area contributed by atoms with Crippen LogP contribution < -0.4 is 0 Å². The van der Waals surface area contributed by atoms with Gasteiger partial charge in [0.1, 0.15) is 0 Å². The number of benzene rings is 1. The maximum atomic E-state index is 13.2. The third-order valence-electron chi connectivity index (χ3n) is 2.03. The average Bonchev–Trinajstić information content (AvgIpc) is 2.34. The molecule has 0 aliphatic heterocycles. The molecule has 0 bridgehead atoms. The minimum absolute atomic E-state index is 0.231. The number of aliphatic hydroxyl groups is 1. The highest BCUT2D eigenvalue weighted by Gasteiger charge is 2.33. The fourth-order valence-corrected chi connectivity index (χ4v) is 1.20. The third kappa shape index (κ3) is 2.28. The maximum absolute atomic E-state index is 13.2. The summed E-state index contributed by atoms with van der Waals surface area (Å²) in [7, 11) is 0. The van der Waals surface area contributed by atoms with Gasteiger partial charge in [-0.05, 0) is 6.92 Å². The fourth-order valence-electron chi connectivity index (χ4n) is 1.20. The first-order chi connectivity index (χ1) is 8.32. The van der Waals surface area contributed by atoms with Crippen LogP contribution in [0.3, 0.4) is 0 Å². The van der Waals surface area contributed by atoms with Gasteiger partial charge in [-0.25, -0.2) is 26.7 Å². The summed E-state index contributed by atoms with van der Waals surface area (Å²) >= 11 is 0. The van der Waals surface area contributed by atoms with E-state index in [1.165, 1.54) is 6.92 Å². The zero-order valence-corrected chi connectivity index (χ0v) is 8.94. The van der Waals surface area contributed by atoms with E-state index in [2.05, 4.69) is 4.74 Å². The molecule has 1 unspecified atom stereocenters. The van der Waals surface area contributed by atoms with Crippen LogP contribution in [0.4, 0.5) is 22.0 Å². The molecule has 1 aromatic rings. The van der Waals surface area contributed by atoms with Crippen LogP contribution in [0, 0.1) is 29.1 Å². The summed E-state index contributed by atoms with van der Waals surface area (Å²) in [5.74, 6) is -12.9. The summed E-state index contributed by atoms with van der Waals surface area (Å²) in [5, 5.41) is 9.21. The monoisotopic (exact) mass is 270 g/mol. The molecule has 0 spiro atoms. The van der Waals surface area contributed by atoms with Gasteiger partial charge in [0.2, 0.25) is 5.82 Å². The zero-order chi connectivity index (χ0) is 14.0. The lowest BCUT2D eigenvalue weighted by Crippen LogP contribution is -2.20. The molecule has 3 nitrogen and oxygen atoms in total. The smallest absolute Gasteiger partial charge is 0.339 e. The van der Waals surface area contributed by atoms with E-state index < -0.39 is 46.7 Å². The quantitative estimate of drug-likeness (QED) is 0.395. The first kappa shape index (κ1) is 14.4. The predicted octanol–water partition coefficient (Wildman–Crippen LogP) is 1.98. The van der Waals surface area contributed by atoms with Gasteiger partial charge in [-0.3, -0.25) is 0 Å². The van der Waals surface area contributed by atoms with Crippen molar-refractivity contribution in [1.82, 2.24) is 0 Å². The number of halogens is 5. The Balaban J connectivity index is 3.37. The van der Waals surface area contributed by atoms with Gasteiger partial charge in [-0.1, -0.05) is 0 Å². The number of esters is 1. The van der Waals surface area contributed by atoms with Crippen LogP contribution in [-0.2, 0) is 9.53 Å². The molecule has 1 aromatic carbocycles. The molecule has 1 atom stereocenters. The normalized spacial score (nSPS) is 12.4. The molecular weight excluding hydrogens is 263 g/mol. The summed E-state index contributed by atoms with van der Waals surface area (Å²) in [6.07, 6.45) is -2.59. The highest BCUT2D eigenvalue weighted by Crippen LogP contribution is 2.28. The van der Waals surface area contributed by atoms with Gasteiger partial charge in [0, 0.05) is 0 Å². The van der Waals surface area contributed by atoms with E-state index in [4.69, 9.17) is 0 Å². The van der Waals surface area contributed by atoms with E-state index >= 15 is 0 Å². The van der Waals surface area contributed by atoms with Crippen LogP contribution in [0.5, 0.6) is 0 Å². The number of hydrogen-bond donors (Lipinski definition) is 1. The molecule has 1 rings (SSSR count). The minimum Gasteiger partial charge on any atom is -0.464 e. The van der Waals surface area contributed by atoms with Gasteiger partial charge >= 0.3 is 5.97 Å². The summed E-state index contributed by atoms with van der Waals surface area (Å²) < 4.78 is 68.8. The molecule has 0 saturated carbocycles. The topological polar surface area (TPSA) is 46.5 Å². The van der Waals surface area contributed by atoms with Crippen molar-refractivity contribution in [2.45, 2.75) is 13.0 Å². The molecule has 0 amide bonds. The SMILES string of the molecule is CCOC(=O)C(O)c1c(F)c(F)c(F)c(F)c1F.